The Morgan fingerprint density at radius 2 is 1.73 bits per heavy atom. The van der Waals surface area contributed by atoms with Crippen LogP contribution in [-0.4, -0.2) is 41.6 Å². The molecule has 168 valence electrons. The summed E-state index contributed by atoms with van der Waals surface area (Å²) in [5.41, 5.74) is 5.11. The largest absolute Gasteiger partial charge is 0.497 e. The Bertz CT molecular complexity index is 1320. The molecule has 2 heterocycles. The Morgan fingerprint density at radius 3 is 2.36 bits per heavy atom. The molecular weight excluding hydrogens is 418 g/mol. The Labute approximate surface area is 192 Å². The minimum Gasteiger partial charge on any atom is -0.497 e. The quantitative estimate of drug-likeness (QED) is 0.306. The van der Waals surface area contributed by atoms with Gasteiger partial charge in [-0.3, -0.25) is 9.67 Å². The lowest BCUT2D eigenvalue weighted by Crippen LogP contribution is -2.02. The summed E-state index contributed by atoms with van der Waals surface area (Å²) in [4.78, 5) is 17.0. The maximum absolute atomic E-state index is 12.4. The molecule has 0 aliphatic heterocycles. The van der Waals surface area contributed by atoms with Crippen molar-refractivity contribution in [1.29, 1.82) is 0 Å². The summed E-state index contributed by atoms with van der Waals surface area (Å²) in [7, 11) is 5.06. The number of aromatic nitrogens is 3. The number of benzene rings is 2. The second kappa shape index (κ2) is 9.56. The number of rotatable bonds is 7. The summed E-state index contributed by atoms with van der Waals surface area (Å²) in [6.07, 6.45) is 7.08. The van der Waals surface area contributed by atoms with E-state index in [1.54, 1.807) is 38.1 Å². The first-order chi connectivity index (χ1) is 16.0. The van der Waals surface area contributed by atoms with Gasteiger partial charge in [-0.15, -0.1) is 0 Å². The van der Waals surface area contributed by atoms with Gasteiger partial charge in [0, 0.05) is 48.1 Å². The number of hydrogen-bond acceptors (Lipinski definition) is 6. The first kappa shape index (κ1) is 22.1. The lowest BCUT2D eigenvalue weighted by atomic mass is 9.95. The number of pyridine rings is 1. The molecule has 0 unspecified atom stereocenters. The van der Waals surface area contributed by atoms with Crippen LogP contribution in [-0.2, 0) is 16.6 Å². The van der Waals surface area contributed by atoms with Crippen molar-refractivity contribution in [2.24, 2.45) is 7.05 Å². The molecule has 0 bridgehead atoms. The molecule has 0 saturated carbocycles. The number of hydrogen-bond donors (Lipinski definition) is 0. The molecule has 2 aromatic carbocycles. The third-order valence-corrected chi connectivity index (χ3v) is 5.24. The summed E-state index contributed by atoms with van der Waals surface area (Å²) >= 11 is 0. The van der Waals surface area contributed by atoms with Crippen LogP contribution in [0.4, 0.5) is 0 Å². The van der Waals surface area contributed by atoms with E-state index in [9.17, 15) is 4.79 Å². The van der Waals surface area contributed by atoms with Crippen molar-refractivity contribution in [3.05, 3.63) is 78.3 Å². The van der Waals surface area contributed by atoms with Crippen molar-refractivity contribution < 1.29 is 19.0 Å². The molecule has 33 heavy (non-hydrogen) atoms. The van der Waals surface area contributed by atoms with Gasteiger partial charge in [0.05, 0.1) is 32.5 Å². The van der Waals surface area contributed by atoms with Gasteiger partial charge in [0.2, 0.25) is 0 Å². The van der Waals surface area contributed by atoms with Crippen LogP contribution in [0.1, 0.15) is 18.1 Å². The Morgan fingerprint density at radius 1 is 0.970 bits per heavy atom. The topological polar surface area (TPSA) is 75.5 Å². The molecule has 0 aliphatic rings. The summed E-state index contributed by atoms with van der Waals surface area (Å²) in [6, 6.07) is 13.5. The van der Waals surface area contributed by atoms with Crippen LogP contribution in [0.25, 0.3) is 27.6 Å². The van der Waals surface area contributed by atoms with E-state index in [-0.39, 0.29) is 0 Å². The summed E-state index contributed by atoms with van der Waals surface area (Å²) in [5, 5.41) is 5.19. The van der Waals surface area contributed by atoms with Crippen LogP contribution in [0.3, 0.4) is 0 Å². The number of esters is 1. The van der Waals surface area contributed by atoms with E-state index in [1.165, 1.54) is 6.08 Å². The van der Waals surface area contributed by atoms with Gasteiger partial charge in [-0.25, -0.2) is 4.79 Å². The minimum atomic E-state index is -0.420. The molecular formula is C26H25N3O4. The normalized spacial score (nSPS) is 11.5. The van der Waals surface area contributed by atoms with Gasteiger partial charge < -0.3 is 14.2 Å². The van der Waals surface area contributed by atoms with Gasteiger partial charge in [-0.05, 0) is 54.0 Å². The summed E-state index contributed by atoms with van der Waals surface area (Å²) in [5.74, 6) is 0.831. The number of carbonyl (C=O) groups is 1. The predicted octanol–water partition coefficient (Wildman–Crippen LogP) is 4.65. The molecule has 4 rings (SSSR count). The number of ether oxygens (including phenoxy) is 3. The summed E-state index contributed by atoms with van der Waals surface area (Å²) < 4.78 is 17.8. The van der Waals surface area contributed by atoms with Crippen molar-refractivity contribution in [3.8, 4) is 22.6 Å². The van der Waals surface area contributed by atoms with Crippen LogP contribution >= 0.6 is 0 Å². The second-order valence-corrected chi connectivity index (χ2v) is 7.45. The van der Waals surface area contributed by atoms with Crippen molar-refractivity contribution in [1.82, 2.24) is 14.8 Å². The standard InChI is InChI=1S/C26H25N3O4/c1-5-33-26(30)13-24(18-10-22(31-3)12-23(11-18)32-4)17-6-7-25-19(8-17)9-20(14-27-25)21-15-28-29(2)16-21/h6-16H,5H2,1-4H3/b24-13+. The van der Waals surface area contributed by atoms with E-state index < -0.39 is 5.97 Å². The molecule has 0 aliphatic carbocycles. The van der Waals surface area contributed by atoms with Gasteiger partial charge in [0.25, 0.3) is 0 Å². The lowest BCUT2D eigenvalue weighted by molar-refractivity contribution is -0.137. The van der Waals surface area contributed by atoms with Crippen molar-refractivity contribution >= 4 is 22.4 Å². The van der Waals surface area contributed by atoms with E-state index in [0.29, 0.717) is 23.7 Å². The molecule has 0 spiro atoms. The highest BCUT2D eigenvalue weighted by Gasteiger charge is 2.13. The maximum Gasteiger partial charge on any atom is 0.331 e. The third kappa shape index (κ3) is 4.87. The second-order valence-electron chi connectivity index (χ2n) is 7.45. The van der Waals surface area contributed by atoms with Crippen LogP contribution in [0.2, 0.25) is 0 Å². The zero-order valence-corrected chi connectivity index (χ0v) is 19.0. The first-order valence-electron chi connectivity index (χ1n) is 10.5. The lowest BCUT2D eigenvalue weighted by Gasteiger charge is -2.13. The van der Waals surface area contributed by atoms with Gasteiger partial charge in [0.1, 0.15) is 11.5 Å². The van der Waals surface area contributed by atoms with E-state index in [1.807, 2.05) is 49.8 Å². The average Bonchev–Trinajstić information content (AvgIpc) is 3.27. The molecule has 0 saturated heterocycles. The van der Waals surface area contributed by atoms with Crippen molar-refractivity contribution in [3.63, 3.8) is 0 Å². The molecule has 0 fully saturated rings. The molecule has 0 radical (unpaired) electrons. The molecule has 2 aromatic heterocycles. The van der Waals surface area contributed by atoms with E-state index in [4.69, 9.17) is 14.2 Å². The van der Waals surface area contributed by atoms with Crippen LogP contribution in [0.5, 0.6) is 11.5 Å². The summed E-state index contributed by atoms with van der Waals surface area (Å²) in [6.45, 7) is 2.07. The molecule has 4 aromatic rings. The number of aryl methyl sites for hydroxylation is 1. The molecule has 7 heteroatoms. The maximum atomic E-state index is 12.4. The fraction of sp³-hybridized carbons (Fsp3) is 0.192. The number of nitrogens with zero attached hydrogens (tertiary/aromatic N) is 3. The molecule has 0 atom stereocenters. The van der Waals surface area contributed by atoms with Gasteiger partial charge in [0.15, 0.2) is 0 Å². The Kier molecular flexibility index (Phi) is 6.40. The number of fused-ring (bicyclic) bond motifs is 1. The SMILES string of the molecule is CCOC(=O)/C=C(/c1cc(OC)cc(OC)c1)c1ccc2ncc(-c3cnn(C)c3)cc2c1. The smallest absolute Gasteiger partial charge is 0.331 e. The minimum absolute atomic E-state index is 0.292. The monoisotopic (exact) mass is 443 g/mol. The van der Waals surface area contributed by atoms with Gasteiger partial charge >= 0.3 is 5.97 Å². The Balaban J connectivity index is 1.86. The highest BCUT2D eigenvalue weighted by atomic mass is 16.5. The molecule has 0 amide bonds. The molecule has 0 N–H and O–H groups in total. The van der Waals surface area contributed by atoms with Crippen LogP contribution in [0, 0.1) is 0 Å². The highest BCUT2D eigenvalue weighted by molar-refractivity contribution is 5.98. The van der Waals surface area contributed by atoms with Crippen molar-refractivity contribution in [2.75, 3.05) is 20.8 Å². The number of carbonyl (C=O) groups excluding carboxylic acids is 1. The fourth-order valence-electron chi connectivity index (χ4n) is 3.63. The zero-order valence-electron chi connectivity index (χ0n) is 19.0. The van der Waals surface area contributed by atoms with Gasteiger partial charge in [-0.1, -0.05) is 6.07 Å². The van der Waals surface area contributed by atoms with Crippen LogP contribution < -0.4 is 9.47 Å². The number of methoxy groups -OCH3 is 2. The third-order valence-electron chi connectivity index (χ3n) is 5.24. The van der Waals surface area contributed by atoms with Gasteiger partial charge in [-0.2, -0.15) is 5.10 Å². The van der Waals surface area contributed by atoms with Crippen LogP contribution in [0.15, 0.2) is 67.1 Å². The highest BCUT2D eigenvalue weighted by Crippen LogP contribution is 2.33. The predicted molar refractivity (Wildman–Crippen MR) is 127 cm³/mol. The fourth-order valence-corrected chi connectivity index (χ4v) is 3.63. The van der Waals surface area contributed by atoms with E-state index in [2.05, 4.69) is 16.1 Å². The van der Waals surface area contributed by atoms with E-state index in [0.717, 1.165) is 33.2 Å². The van der Waals surface area contributed by atoms with Crippen molar-refractivity contribution in [2.45, 2.75) is 6.92 Å². The van der Waals surface area contributed by atoms with E-state index >= 15 is 0 Å². The first-order valence-corrected chi connectivity index (χ1v) is 10.5. The Hall–Kier alpha value is -4.13. The zero-order chi connectivity index (χ0) is 23.4. The molecule has 7 nitrogen and oxygen atoms in total. The average molecular weight is 444 g/mol.